The van der Waals surface area contributed by atoms with Crippen LogP contribution in [-0.4, -0.2) is 42.9 Å². The van der Waals surface area contributed by atoms with E-state index in [0.717, 1.165) is 0 Å². The van der Waals surface area contributed by atoms with Crippen LogP contribution in [0, 0.1) is 6.42 Å². The monoisotopic (exact) mass is 202 g/mol. The van der Waals surface area contributed by atoms with Crippen LogP contribution in [0.25, 0.3) is 0 Å². The molecule has 1 rings (SSSR count). The molecule has 2 heteroatoms. The van der Waals surface area contributed by atoms with Gasteiger partial charge in [0.1, 0.15) is 0 Å². The number of unbranched alkanes of at least 4 members (excludes halogenated alkanes) is 2. The van der Waals surface area contributed by atoms with Crippen LogP contribution in [0.15, 0.2) is 11.6 Å². The van der Waals surface area contributed by atoms with Gasteiger partial charge in [-0.3, -0.25) is 4.90 Å². The summed E-state index contributed by atoms with van der Waals surface area (Å²) in [5.41, 5.74) is 1.54. The van der Waals surface area contributed by atoms with Crippen molar-refractivity contribution in [2.75, 3.05) is 13.1 Å². The summed E-state index contributed by atoms with van der Waals surface area (Å²) in [4.78, 5) is 2.63. The third-order valence-electron chi connectivity index (χ3n) is 3.00. The van der Waals surface area contributed by atoms with E-state index in [1.54, 1.807) is 0 Å². The molecule has 0 heterocycles. The van der Waals surface area contributed by atoms with E-state index in [1.807, 2.05) is 0 Å². The van der Waals surface area contributed by atoms with Crippen LogP contribution in [0.3, 0.4) is 0 Å². The quantitative estimate of drug-likeness (QED) is 0.574. The molecule has 0 saturated carbocycles. The van der Waals surface area contributed by atoms with E-state index in [-0.39, 0.29) is 18.9 Å². The zero-order valence-corrected chi connectivity index (χ0v) is 9.92. The summed E-state index contributed by atoms with van der Waals surface area (Å²) in [6, 6.07) is 0.660. The summed E-state index contributed by atoms with van der Waals surface area (Å²) < 4.78 is 0. The summed E-state index contributed by atoms with van der Waals surface area (Å²) >= 11 is 0. The standard InChI is InChI=1S/C13H24N.Li.H/c1-4-6-10-14(11-7-5-2)13-9-8-12(13)3;;/h8-9,13H,4-7,10-11H2,1-3H3;;. The minimum atomic E-state index is 0. The van der Waals surface area contributed by atoms with Crippen molar-refractivity contribution in [2.45, 2.75) is 52.5 Å². The molecule has 0 N–H and O–H groups in total. The van der Waals surface area contributed by atoms with E-state index in [4.69, 9.17) is 0 Å². The second-order valence-corrected chi connectivity index (χ2v) is 4.29. The van der Waals surface area contributed by atoms with Crippen molar-refractivity contribution in [1.82, 2.24) is 4.90 Å². The van der Waals surface area contributed by atoms with Gasteiger partial charge in [0.2, 0.25) is 0 Å². The van der Waals surface area contributed by atoms with Crippen LogP contribution < -0.4 is 0 Å². The molecule has 1 nitrogen and oxygen atoms in total. The molecule has 1 radical (unpaired) electrons. The first-order valence-electron chi connectivity index (χ1n) is 6.05. The van der Waals surface area contributed by atoms with Crippen molar-refractivity contribution >= 4 is 18.9 Å². The molecule has 1 atom stereocenters. The Morgan fingerprint density at radius 2 is 1.67 bits per heavy atom. The number of nitrogens with zero attached hydrogens (tertiary/aromatic N) is 1. The van der Waals surface area contributed by atoms with E-state index in [0.29, 0.717) is 6.04 Å². The van der Waals surface area contributed by atoms with Gasteiger partial charge in [-0.05, 0) is 32.9 Å². The molecule has 0 aliphatic heterocycles. The SMILES string of the molecule is CCCCN(CCCC)C1[CH]C=C1C.[LiH]. The van der Waals surface area contributed by atoms with Gasteiger partial charge in [-0.15, -0.1) is 0 Å². The molecule has 0 aromatic heterocycles. The van der Waals surface area contributed by atoms with Gasteiger partial charge in [0, 0.05) is 12.5 Å². The van der Waals surface area contributed by atoms with Gasteiger partial charge < -0.3 is 0 Å². The summed E-state index contributed by atoms with van der Waals surface area (Å²) in [7, 11) is 0. The molecule has 0 spiro atoms. The van der Waals surface area contributed by atoms with Crippen molar-refractivity contribution < 1.29 is 0 Å². The van der Waals surface area contributed by atoms with Crippen molar-refractivity contribution in [3.8, 4) is 0 Å². The maximum atomic E-state index is 2.63. The molecule has 0 fully saturated rings. The fourth-order valence-corrected chi connectivity index (χ4v) is 1.90. The summed E-state index contributed by atoms with van der Waals surface area (Å²) in [5.74, 6) is 0. The van der Waals surface area contributed by atoms with E-state index < -0.39 is 0 Å². The second kappa shape index (κ2) is 8.45. The average molecular weight is 202 g/mol. The van der Waals surface area contributed by atoms with Gasteiger partial charge >= 0.3 is 18.9 Å². The molecule has 0 aromatic rings. The first-order chi connectivity index (χ1) is 6.79. The Morgan fingerprint density at radius 3 is 1.93 bits per heavy atom. The van der Waals surface area contributed by atoms with E-state index in [9.17, 15) is 0 Å². The van der Waals surface area contributed by atoms with Crippen LogP contribution in [0.1, 0.15) is 46.5 Å². The van der Waals surface area contributed by atoms with Crippen molar-refractivity contribution in [2.24, 2.45) is 0 Å². The van der Waals surface area contributed by atoms with Crippen molar-refractivity contribution in [3.05, 3.63) is 18.1 Å². The molecule has 1 aliphatic carbocycles. The molecule has 0 aromatic carbocycles. The Balaban J connectivity index is 0.00000196. The molecule has 0 saturated heterocycles. The average Bonchev–Trinajstić information content (AvgIpc) is 2.19. The third kappa shape index (κ3) is 4.77. The first kappa shape index (κ1) is 15.3. The Morgan fingerprint density at radius 1 is 1.13 bits per heavy atom. The number of rotatable bonds is 7. The van der Waals surface area contributed by atoms with Gasteiger partial charge in [0.15, 0.2) is 0 Å². The molecular formula is C13H25LiN. The maximum absolute atomic E-state index is 2.63. The summed E-state index contributed by atoms with van der Waals surface area (Å²) in [5, 5.41) is 0. The predicted octanol–water partition coefficient (Wildman–Crippen LogP) is 2.77. The van der Waals surface area contributed by atoms with Gasteiger partial charge in [0.05, 0.1) is 0 Å². The van der Waals surface area contributed by atoms with Crippen LogP contribution in [0.2, 0.25) is 0 Å². The number of hydrogen-bond acceptors (Lipinski definition) is 1. The molecule has 0 amide bonds. The van der Waals surface area contributed by atoms with Crippen LogP contribution in [0.5, 0.6) is 0 Å². The van der Waals surface area contributed by atoms with E-state index >= 15 is 0 Å². The predicted molar refractivity (Wildman–Crippen MR) is 70.4 cm³/mol. The van der Waals surface area contributed by atoms with Crippen molar-refractivity contribution in [3.63, 3.8) is 0 Å². The molecule has 83 valence electrons. The van der Waals surface area contributed by atoms with Gasteiger partial charge in [-0.1, -0.05) is 38.3 Å². The topological polar surface area (TPSA) is 3.24 Å². The molecule has 0 bridgehead atoms. The van der Waals surface area contributed by atoms with Gasteiger partial charge in [0.25, 0.3) is 0 Å². The Hall–Kier alpha value is 0.297. The van der Waals surface area contributed by atoms with E-state index in [1.165, 1.54) is 44.3 Å². The Bertz CT molecular complexity index is 181. The molecule has 15 heavy (non-hydrogen) atoms. The Kier molecular flexibility index (Phi) is 8.62. The minimum absolute atomic E-state index is 0. The third-order valence-corrected chi connectivity index (χ3v) is 3.00. The summed E-state index contributed by atoms with van der Waals surface area (Å²) in [6.07, 6.45) is 9.86. The zero-order valence-electron chi connectivity index (χ0n) is 9.92. The normalized spacial score (nSPS) is 19.5. The van der Waals surface area contributed by atoms with Crippen LogP contribution >= 0.6 is 0 Å². The first-order valence-corrected chi connectivity index (χ1v) is 6.05. The number of hydrogen-bond donors (Lipinski definition) is 0. The van der Waals surface area contributed by atoms with E-state index in [2.05, 4.69) is 38.2 Å². The van der Waals surface area contributed by atoms with Crippen LogP contribution in [-0.2, 0) is 0 Å². The van der Waals surface area contributed by atoms with Crippen LogP contribution in [0.4, 0.5) is 0 Å². The molecule has 1 aliphatic rings. The molecular weight excluding hydrogens is 177 g/mol. The zero-order chi connectivity index (χ0) is 10.4. The van der Waals surface area contributed by atoms with Crippen molar-refractivity contribution in [1.29, 1.82) is 0 Å². The molecule has 1 unspecified atom stereocenters. The van der Waals surface area contributed by atoms with Gasteiger partial charge in [-0.2, -0.15) is 0 Å². The Labute approximate surface area is 107 Å². The fourth-order valence-electron chi connectivity index (χ4n) is 1.90. The van der Waals surface area contributed by atoms with Gasteiger partial charge in [-0.25, -0.2) is 0 Å². The summed E-state index contributed by atoms with van der Waals surface area (Å²) in [6.45, 7) is 9.32. The second-order valence-electron chi connectivity index (χ2n) is 4.29. The fraction of sp³-hybridized carbons (Fsp3) is 0.769.